The molecule has 0 saturated carbocycles. The molecule has 1 amide bonds. The summed E-state index contributed by atoms with van der Waals surface area (Å²) in [6, 6.07) is 11.8. The van der Waals surface area contributed by atoms with Crippen molar-refractivity contribution >= 4 is 43.6 Å². The van der Waals surface area contributed by atoms with Crippen LogP contribution in [0, 0.1) is 5.82 Å². The highest BCUT2D eigenvalue weighted by Gasteiger charge is 2.19. The van der Waals surface area contributed by atoms with Gasteiger partial charge in [-0.3, -0.25) is 14.5 Å². The van der Waals surface area contributed by atoms with Gasteiger partial charge in [-0.05, 0) is 60.3 Å². The minimum atomic E-state index is -3.94. The van der Waals surface area contributed by atoms with Crippen LogP contribution in [-0.2, 0) is 10.0 Å². The zero-order valence-electron chi connectivity index (χ0n) is 14.5. The lowest BCUT2D eigenvalue weighted by Crippen LogP contribution is -2.16. The predicted molar refractivity (Wildman–Crippen MR) is 104 cm³/mol. The number of amides is 1. The van der Waals surface area contributed by atoms with Crippen LogP contribution in [0.1, 0.15) is 0 Å². The number of hydrogen-bond acceptors (Lipinski definition) is 5. The Hall–Kier alpha value is -2.65. The number of sulfonamides is 1. The maximum absolute atomic E-state index is 13.9. The van der Waals surface area contributed by atoms with Crippen molar-refractivity contribution in [1.29, 1.82) is 0 Å². The third kappa shape index (κ3) is 4.20. The van der Waals surface area contributed by atoms with Crippen molar-refractivity contribution in [1.82, 2.24) is 9.88 Å². The number of carbonyl (C=O) groups excluding carboxylic acids is 1. The van der Waals surface area contributed by atoms with Crippen molar-refractivity contribution < 1.29 is 17.6 Å². The lowest BCUT2D eigenvalue weighted by molar-refractivity contribution is 0.241. The van der Waals surface area contributed by atoms with Gasteiger partial charge in [0.2, 0.25) is 0 Å². The number of hydrogen-bond donors (Lipinski definition) is 1. The van der Waals surface area contributed by atoms with Crippen molar-refractivity contribution in [2.75, 3.05) is 18.8 Å². The van der Waals surface area contributed by atoms with Gasteiger partial charge in [-0.2, -0.15) is 0 Å². The van der Waals surface area contributed by atoms with Crippen molar-refractivity contribution in [3.63, 3.8) is 0 Å². The molecule has 0 aliphatic carbocycles. The number of pyridine rings is 1. The molecule has 1 heterocycles. The van der Waals surface area contributed by atoms with Crippen LogP contribution in [0.2, 0.25) is 0 Å². The number of rotatable bonds is 4. The van der Waals surface area contributed by atoms with Crippen LogP contribution in [0.5, 0.6) is 0 Å². The molecule has 0 aliphatic rings. The molecule has 27 heavy (non-hydrogen) atoms. The zero-order chi connectivity index (χ0) is 19.6. The molecular weight excluding hydrogens is 389 g/mol. The molecule has 0 spiro atoms. The highest BCUT2D eigenvalue weighted by atomic mass is 32.2. The van der Waals surface area contributed by atoms with E-state index < -0.39 is 15.8 Å². The molecule has 140 valence electrons. The fraction of sp³-hybridized carbons (Fsp3) is 0.111. The molecule has 0 atom stereocenters. The molecule has 0 fully saturated rings. The van der Waals surface area contributed by atoms with Gasteiger partial charge in [0.25, 0.3) is 15.3 Å². The molecule has 1 aromatic heterocycles. The van der Waals surface area contributed by atoms with Crippen LogP contribution in [0.4, 0.5) is 14.9 Å². The molecule has 3 aromatic rings. The molecule has 0 aliphatic heterocycles. The lowest BCUT2D eigenvalue weighted by Gasteiger charge is -2.12. The average Bonchev–Trinajstić information content (AvgIpc) is 2.63. The molecule has 6 nitrogen and oxygen atoms in total. The van der Waals surface area contributed by atoms with E-state index in [1.165, 1.54) is 23.2 Å². The van der Waals surface area contributed by atoms with Gasteiger partial charge < -0.3 is 4.90 Å². The number of nitrogens with one attached hydrogen (secondary N) is 1. The maximum atomic E-state index is 13.9. The molecule has 0 unspecified atom stereocenters. The maximum Gasteiger partial charge on any atom is 0.285 e. The molecule has 0 bridgehead atoms. The molecule has 1 N–H and O–H groups in total. The number of carbonyl (C=O) groups is 1. The fourth-order valence-corrected chi connectivity index (χ4v) is 4.25. The van der Waals surface area contributed by atoms with E-state index in [9.17, 15) is 17.6 Å². The van der Waals surface area contributed by atoms with Gasteiger partial charge in [0.15, 0.2) is 0 Å². The van der Waals surface area contributed by atoms with Gasteiger partial charge in [-0.25, -0.2) is 12.8 Å². The predicted octanol–water partition coefficient (Wildman–Crippen LogP) is 3.95. The number of fused-ring (bicyclic) bond motifs is 1. The lowest BCUT2D eigenvalue weighted by atomic mass is 10.2. The zero-order valence-corrected chi connectivity index (χ0v) is 16.1. The van der Waals surface area contributed by atoms with Gasteiger partial charge in [-0.1, -0.05) is 0 Å². The van der Waals surface area contributed by atoms with E-state index in [2.05, 4.69) is 9.71 Å². The molecule has 2 aromatic carbocycles. The summed E-state index contributed by atoms with van der Waals surface area (Å²) in [6.07, 6.45) is 1.40. The Kier molecular flexibility index (Phi) is 5.33. The van der Waals surface area contributed by atoms with E-state index >= 15 is 0 Å². The van der Waals surface area contributed by atoms with Crippen LogP contribution < -0.4 is 4.72 Å². The molecule has 0 radical (unpaired) electrons. The summed E-state index contributed by atoms with van der Waals surface area (Å²) in [6.45, 7) is 0. The first kappa shape index (κ1) is 19.1. The highest BCUT2D eigenvalue weighted by molar-refractivity contribution is 8.13. The summed E-state index contributed by atoms with van der Waals surface area (Å²) in [5, 5.41) is 0.0716. The minimum absolute atomic E-state index is 0.00526. The van der Waals surface area contributed by atoms with Crippen molar-refractivity contribution in [3.05, 3.63) is 60.5 Å². The quantitative estimate of drug-likeness (QED) is 0.665. The van der Waals surface area contributed by atoms with Gasteiger partial charge >= 0.3 is 0 Å². The van der Waals surface area contributed by atoms with Crippen molar-refractivity contribution in [2.45, 2.75) is 9.79 Å². The topological polar surface area (TPSA) is 79.4 Å². The summed E-state index contributed by atoms with van der Waals surface area (Å²) in [5.41, 5.74) is 0.326. The Morgan fingerprint density at radius 1 is 1.11 bits per heavy atom. The Morgan fingerprint density at radius 2 is 1.81 bits per heavy atom. The Bertz CT molecular complexity index is 1100. The Balaban J connectivity index is 1.87. The number of aromatic nitrogens is 1. The Labute approximate surface area is 160 Å². The summed E-state index contributed by atoms with van der Waals surface area (Å²) in [5.74, 6) is -0.587. The highest BCUT2D eigenvalue weighted by Crippen LogP contribution is 2.27. The van der Waals surface area contributed by atoms with E-state index in [4.69, 9.17) is 0 Å². The van der Waals surface area contributed by atoms with Gasteiger partial charge in [0, 0.05) is 36.3 Å². The number of anilines is 1. The second kappa shape index (κ2) is 7.53. The second-order valence-corrected chi connectivity index (χ2v) is 8.51. The smallest absolute Gasteiger partial charge is 0.285 e. The van der Waals surface area contributed by atoms with E-state index in [1.807, 2.05) is 0 Å². The van der Waals surface area contributed by atoms with Gasteiger partial charge in [-0.15, -0.1) is 0 Å². The van der Waals surface area contributed by atoms with Crippen molar-refractivity contribution in [3.8, 4) is 0 Å². The summed E-state index contributed by atoms with van der Waals surface area (Å²) in [4.78, 5) is 17.7. The van der Waals surface area contributed by atoms with Crippen molar-refractivity contribution in [2.24, 2.45) is 0 Å². The first-order valence-corrected chi connectivity index (χ1v) is 10.1. The summed E-state index contributed by atoms with van der Waals surface area (Å²) in [7, 11) is -0.640. The van der Waals surface area contributed by atoms with E-state index in [1.54, 1.807) is 44.4 Å². The van der Waals surface area contributed by atoms with Crippen LogP contribution in [0.3, 0.4) is 0 Å². The normalized spacial score (nSPS) is 11.4. The molecule has 0 saturated heterocycles. The van der Waals surface area contributed by atoms with Crippen LogP contribution in [0.25, 0.3) is 10.9 Å². The van der Waals surface area contributed by atoms with E-state index in [0.29, 0.717) is 10.6 Å². The number of halogens is 1. The van der Waals surface area contributed by atoms with Gasteiger partial charge in [0.1, 0.15) is 11.3 Å². The van der Waals surface area contributed by atoms with Crippen LogP contribution >= 0.6 is 11.8 Å². The summed E-state index contributed by atoms with van der Waals surface area (Å²) < 4.78 is 41.8. The Morgan fingerprint density at radius 3 is 2.48 bits per heavy atom. The third-order valence-electron chi connectivity index (χ3n) is 3.65. The van der Waals surface area contributed by atoms with Crippen LogP contribution in [-0.4, -0.2) is 37.6 Å². The van der Waals surface area contributed by atoms with Crippen LogP contribution in [0.15, 0.2) is 64.5 Å². The minimum Gasteiger partial charge on any atom is -0.339 e. The van der Waals surface area contributed by atoms with E-state index in [-0.39, 0.29) is 21.0 Å². The fourth-order valence-electron chi connectivity index (χ4n) is 2.34. The monoisotopic (exact) mass is 405 g/mol. The number of thioether (sulfide) groups is 1. The number of nitrogens with zero attached hydrogens (tertiary/aromatic N) is 2. The molecular formula is C18H16FN3O3S2. The largest absolute Gasteiger partial charge is 0.339 e. The molecule has 9 heteroatoms. The SMILES string of the molecule is CN(C)C(=O)Sc1ccc(NS(=O)(=O)c2ccc(F)c3ncccc23)cc1. The van der Waals surface area contributed by atoms with E-state index in [0.717, 1.165) is 17.8 Å². The standard InChI is InChI=1S/C18H16FN3O3S2/c1-22(2)18(23)26-13-7-5-12(6-8-13)21-27(24,25)16-10-9-15(19)17-14(16)4-3-11-20-17/h3-11,21H,1-2H3. The molecule has 3 rings (SSSR count). The summed E-state index contributed by atoms with van der Waals surface area (Å²) >= 11 is 1.04. The second-order valence-electron chi connectivity index (χ2n) is 5.84. The third-order valence-corrected chi connectivity index (χ3v) is 6.13. The number of benzene rings is 2. The first-order valence-electron chi connectivity index (χ1n) is 7.83. The van der Waals surface area contributed by atoms with Gasteiger partial charge in [0.05, 0.1) is 4.90 Å². The average molecular weight is 405 g/mol. The first-order chi connectivity index (χ1) is 12.8.